The van der Waals surface area contributed by atoms with Crippen LogP contribution in [0, 0.1) is 11.7 Å². The maximum atomic E-state index is 15.8. The molecule has 3 atom stereocenters. The quantitative estimate of drug-likeness (QED) is 0.132. The van der Waals surface area contributed by atoms with E-state index in [2.05, 4.69) is 24.6 Å². The number of aromatic nitrogens is 1. The number of pyridine rings is 1. The summed E-state index contributed by atoms with van der Waals surface area (Å²) in [4.78, 5) is 23.6. The zero-order valence-electron chi connectivity index (χ0n) is 28.0. The number of halogens is 4. The summed E-state index contributed by atoms with van der Waals surface area (Å²) < 4.78 is 63.1. The summed E-state index contributed by atoms with van der Waals surface area (Å²) in [6, 6.07) is 7.71. The summed E-state index contributed by atoms with van der Waals surface area (Å²) in [5.41, 5.74) is -2.43. The molecule has 1 amide bonds. The number of hydrogen-bond acceptors (Lipinski definition) is 7. The van der Waals surface area contributed by atoms with E-state index in [1.54, 1.807) is 27.7 Å². The molecule has 1 aliphatic heterocycles. The number of carbonyl (C=O) groups excluding carboxylic acids is 1. The summed E-state index contributed by atoms with van der Waals surface area (Å²) in [6.45, 7) is 14.7. The first kappa shape index (κ1) is 38.1. The molecule has 1 aromatic carbocycles. The third-order valence-corrected chi connectivity index (χ3v) is 11.0. The van der Waals surface area contributed by atoms with Gasteiger partial charge in [-0.2, -0.15) is 0 Å². The number of ether oxygens (including phenoxy) is 3. The minimum absolute atomic E-state index is 0.0352. The Morgan fingerprint density at radius 1 is 1.22 bits per heavy atom. The molecule has 7 nitrogen and oxygen atoms in total. The maximum absolute atomic E-state index is 15.8. The molecule has 0 fully saturated rings. The molecular weight excluding hydrogens is 655 g/mol. The fourth-order valence-electron chi connectivity index (χ4n) is 4.90. The molecule has 0 radical (unpaired) electrons. The van der Waals surface area contributed by atoms with Crippen LogP contribution in [0.2, 0.25) is 30.7 Å². The number of aliphatic imine (C=N–C) groups is 1. The van der Waals surface area contributed by atoms with Gasteiger partial charge in [0.1, 0.15) is 36.2 Å². The van der Waals surface area contributed by atoms with Crippen LogP contribution in [0.15, 0.2) is 41.5 Å². The molecule has 1 aromatic heterocycles. The number of thioether (sulfide) groups is 1. The van der Waals surface area contributed by atoms with Crippen molar-refractivity contribution in [2.75, 3.05) is 33.7 Å². The van der Waals surface area contributed by atoms with Crippen molar-refractivity contribution in [2.24, 2.45) is 10.9 Å². The highest BCUT2D eigenvalue weighted by Crippen LogP contribution is 2.52. The van der Waals surface area contributed by atoms with Crippen LogP contribution < -0.4 is 0 Å². The van der Waals surface area contributed by atoms with Crippen LogP contribution in [-0.4, -0.2) is 73.3 Å². The lowest BCUT2D eigenvalue weighted by Crippen LogP contribution is -2.55. The van der Waals surface area contributed by atoms with E-state index in [1.165, 1.54) is 60.3 Å². The Morgan fingerprint density at radius 2 is 1.91 bits per heavy atom. The molecule has 0 saturated carbocycles. The Morgan fingerprint density at radius 3 is 2.48 bits per heavy atom. The van der Waals surface area contributed by atoms with Gasteiger partial charge in [0.2, 0.25) is 0 Å². The zero-order chi connectivity index (χ0) is 34.5. The number of alkyl halides is 1. The highest BCUT2D eigenvalue weighted by atomic mass is 35.5. The van der Waals surface area contributed by atoms with E-state index in [-0.39, 0.29) is 35.3 Å². The molecule has 2 heterocycles. The predicted octanol–water partition coefficient (Wildman–Crippen LogP) is 9.20. The zero-order valence-corrected chi connectivity index (χ0v) is 30.6. The first-order valence-electron chi connectivity index (χ1n) is 15.1. The van der Waals surface area contributed by atoms with Crippen LogP contribution in [0.25, 0.3) is 11.9 Å². The summed E-state index contributed by atoms with van der Waals surface area (Å²) in [7, 11) is 0.0777. The lowest BCUT2D eigenvalue weighted by atomic mass is 9.73. The van der Waals surface area contributed by atoms with E-state index in [0.717, 1.165) is 12.1 Å². The van der Waals surface area contributed by atoms with Crippen molar-refractivity contribution in [3.05, 3.63) is 64.2 Å². The first-order chi connectivity index (χ1) is 21.3. The molecule has 0 N–H and O–H groups in total. The molecule has 254 valence electrons. The Balaban J connectivity index is 2.18. The SMILES string of the molecule is COC[C@@]1(C)SC(N(COCC[Si](C)(C)C)C(=O)OC(C)(C)C)=N[C@](CF)(c2cc(/C=C(\F)c3ccc(Cl)cn3)ccc2F)[C@@H]1C. The minimum Gasteiger partial charge on any atom is -0.443 e. The molecule has 0 saturated heterocycles. The molecule has 0 aliphatic carbocycles. The van der Waals surface area contributed by atoms with E-state index >= 15 is 13.2 Å². The topological polar surface area (TPSA) is 73.2 Å². The molecule has 1 aliphatic rings. The van der Waals surface area contributed by atoms with Gasteiger partial charge >= 0.3 is 6.09 Å². The summed E-state index contributed by atoms with van der Waals surface area (Å²) in [6.07, 6.45) is 1.77. The van der Waals surface area contributed by atoms with Crippen LogP contribution >= 0.6 is 23.4 Å². The van der Waals surface area contributed by atoms with Gasteiger partial charge in [-0.05, 0) is 69.6 Å². The molecular formula is C33H45ClF3N3O4SSi. The highest BCUT2D eigenvalue weighted by Gasteiger charge is 2.54. The van der Waals surface area contributed by atoms with E-state index in [1.807, 2.05) is 6.92 Å². The maximum Gasteiger partial charge on any atom is 0.418 e. The van der Waals surface area contributed by atoms with Crippen LogP contribution in [0.1, 0.15) is 51.4 Å². The number of amides is 1. The van der Waals surface area contributed by atoms with Crippen LogP contribution in [0.4, 0.5) is 18.0 Å². The molecule has 46 heavy (non-hydrogen) atoms. The monoisotopic (exact) mass is 699 g/mol. The lowest BCUT2D eigenvalue weighted by molar-refractivity contribution is 0.0104. The van der Waals surface area contributed by atoms with Crippen molar-refractivity contribution in [1.82, 2.24) is 9.88 Å². The van der Waals surface area contributed by atoms with Crippen molar-refractivity contribution in [3.8, 4) is 0 Å². The Kier molecular flexibility index (Phi) is 12.6. The van der Waals surface area contributed by atoms with Gasteiger partial charge in [-0.3, -0.25) is 4.98 Å². The number of hydrogen-bond donors (Lipinski definition) is 0. The first-order valence-corrected chi connectivity index (χ1v) is 20.0. The number of methoxy groups -OCH3 is 1. The molecule has 0 unspecified atom stereocenters. The van der Waals surface area contributed by atoms with Crippen molar-refractivity contribution in [2.45, 2.75) is 76.2 Å². The second-order valence-corrected chi connectivity index (χ2v) is 21.4. The number of benzene rings is 1. The second kappa shape index (κ2) is 15.2. The van der Waals surface area contributed by atoms with Gasteiger partial charge in [-0.1, -0.05) is 56.0 Å². The van der Waals surface area contributed by atoms with E-state index in [9.17, 15) is 4.79 Å². The van der Waals surface area contributed by atoms with Gasteiger partial charge in [0.25, 0.3) is 0 Å². The standard InChI is InChI=1S/C33H45ClF3N3O4SSi/c1-22-32(5,20-42-6)45-29(40(30(41)44-31(2,3)4)21-43-14-15-46(7,8)9)39-33(22,19-35)25-16-23(10-12-26(25)36)17-27(37)28-13-11-24(34)18-38-28/h10-13,16-18,22H,14-15,19-21H2,1-9H3/b27-17-/t22-,32-,33+/m1/s1. The van der Waals surface area contributed by atoms with Crippen molar-refractivity contribution < 1.29 is 32.2 Å². The van der Waals surface area contributed by atoms with Gasteiger partial charge in [0, 0.05) is 44.2 Å². The van der Waals surface area contributed by atoms with E-state index in [4.69, 9.17) is 30.8 Å². The average molecular weight is 700 g/mol. The van der Waals surface area contributed by atoms with Gasteiger partial charge in [0.15, 0.2) is 5.17 Å². The van der Waals surface area contributed by atoms with Crippen LogP contribution in [0.3, 0.4) is 0 Å². The Hall–Kier alpha value is -2.38. The van der Waals surface area contributed by atoms with Gasteiger partial charge in [0.05, 0.1) is 17.3 Å². The molecule has 2 aromatic rings. The van der Waals surface area contributed by atoms with Crippen molar-refractivity contribution in [3.63, 3.8) is 0 Å². The number of rotatable bonds is 11. The Labute approximate surface area is 281 Å². The minimum atomic E-state index is -1.81. The number of amidine groups is 1. The van der Waals surface area contributed by atoms with Gasteiger partial charge in [-0.15, -0.1) is 0 Å². The summed E-state index contributed by atoms with van der Waals surface area (Å²) in [5, 5.41) is 0.457. The Bertz CT molecular complexity index is 1430. The smallest absolute Gasteiger partial charge is 0.418 e. The van der Waals surface area contributed by atoms with Gasteiger partial charge in [-0.25, -0.2) is 27.9 Å². The number of nitrogens with zero attached hydrogens (tertiary/aromatic N) is 3. The molecule has 13 heteroatoms. The third kappa shape index (κ3) is 9.59. The van der Waals surface area contributed by atoms with Crippen LogP contribution in [-0.2, 0) is 19.7 Å². The van der Waals surface area contributed by atoms with Crippen molar-refractivity contribution in [1.29, 1.82) is 0 Å². The highest BCUT2D eigenvalue weighted by molar-refractivity contribution is 8.15. The third-order valence-electron chi connectivity index (χ3n) is 7.67. The normalized spacial score (nSPS) is 22.4. The summed E-state index contributed by atoms with van der Waals surface area (Å²) in [5.74, 6) is -2.06. The van der Waals surface area contributed by atoms with Crippen molar-refractivity contribution >= 4 is 54.6 Å². The van der Waals surface area contributed by atoms with Gasteiger partial charge < -0.3 is 14.2 Å². The molecule has 0 spiro atoms. The second-order valence-electron chi connectivity index (χ2n) is 13.9. The number of carbonyl (C=O) groups is 1. The predicted molar refractivity (Wildman–Crippen MR) is 184 cm³/mol. The summed E-state index contributed by atoms with van der Waals surface area (Å²) >= 11 is 7.11. The van der Waals surface area contributed by atoms with E-state index in [0.29, 0.717) is 11.6 Å². The average Bonchev–Trinajstić information content (AvgIpc) is 2.94. The largest absolute Gasteiger partial charge is 0.443 e. The molecule has 3 rings (SSSR count). The molecule has 0 bridgehead atoms. The fourth-order valence-corrected chi connectivity index (χ4v) is 7.18. The van der Waals surface area contributed by atoms with E-state index < -0.39 is 54.3 Å². The fraction of sp³-hybridized carbons (Fsp3) is 0.545. The lowest BCUT2D eigenvalue weighted by Gasteiger charge is -2.49. The van der Waals surface area contributed by atoms with Crippen LogP contribution in [0.5, 0.6) is 0 Å².